The number of rotatable bonds is 7. The van der Waals surface area contributed by atoms with E-state index in [9.17, 15) is 4.79 Å². The third-order valence-electron chi connectivity index (χ3n) is 5.44. The van der Waals surface area contributed by atoms with Crippen LogP contribution in [0, 0.1) is 0 Å². The Morgan fingerprint density at radius 1 is 1.13 bits per heavy atom. The van der Waals surface area contributed by atoms with Crippen LogP contribution in [0.2, 0.25) is 0 Å². The third kappa shape index (κ3) is 5.74. The molecule has 6 nitrogen and oxygen atoms in total. The highest BCUT2D eigenvalue weighted by atomic mass is 79.9. The van der Waals surface area contributed by atoms with Crippen molar-refractivity contribution in [2.24, 2.45) is 0 Å². The van der Waals surface area contributed by atoms with Gasteiger partial charge in [-0.1, -0.05) is 15.9 Å². The Kier molecular flexibility index (Phi) is 8.26. The number of Topliss-reactive ketones (excluding diaryl/α,β-unsaturated/α-hetero) is 1. The Bertz CT molecular complexity index is 1020. The van der Waals surface area contributed by atoms with Crippen molar-refractivity contribution in [3.8, 4) is 5.75 Å². The number of carbonyl (C=O) groups is 1. The molecule has 0 radical (unpaired) electrons. The maximum Gasteiger partial charge on any atom is 0.297 e. The van der Waals surface area contributed by atoms with Crippen molar-refractivity contribution in [1.82, 2.24) is 9.78 Å². The molecule has 0 saturated heterocycles. The number of fused-ring (bicyclic) bond motifs is 1. The van der Waals surface area contributed by atoms with Gasteiger partial charge in [0.25, 0.3) is 5.82 Å². The molecule has 1 aliphatic heterocycles. The Morgan fingerprint density at radius 2 is 1.87 bits per heavy atom. The lowest BCUT2D eigenvalue weighted by Gasteiger charge is -2.07. The first-order valence-corrected chi connectivity index (χ1v) is 11.1. The van der Waals surface area contributed by atoms with E-state index in [-0.39, 0.29) is 22.8 Å². The topological polar surface area (TPSA) is 60.0 Å². The Hall–Kier alpha value is -2.19. The first kappa shape index (κ1) is 23.5. The molecule has 4 rings (SSSR count). The van der Waals surface area contributed by atoms with Gasteiger partial charge in [0, 0.05) is 27.2 Å². The smallest absolute Gasteiger partial charge is 0.297 e. The predicted octanol–water partition coefficient (Wildman–Crippen LogP) is 1.17. The van der Waals surface area contributed by atoms with Gasteiger partial charge in [0.2, 0.25) is 5.82 Å². The van der Waals surface area contributed by atoms with Gasteiger partial charge >= 0.3 is 0 Å². The highest BCUT2D eigenvalue weighted by molar-refractivity contribution is 9.10. The number of halogens is 2. The van der Waals surface area contributed by atoms with E-state index in [0.717, 1.165) is 53.4 Å². The lowest BCUT2D eigenvalue weighted by molar-refractivity contribution is -0.698. The van der Waals surface area contributed by atoms with Crippen molar-refractivity contribution >= 4 is 27.4 Å². The largest absolute Gasteiger partial charge is 1.00 e. The number of benzene rings is 2. The van der Waals surface area contributed by atoms with E-state index in [1.165, 1.54) is 6.42 Å². The van der Waals surface area contributed by atoms with Crippen LogP contribution in [0.25, 0.3) is 0 Å². The number of nitrogens with zero attached hydrogens (tertiary/aromatic N) is 3. The van der Waals surface area contributed by atoms with E-state index >= 15 is 0 Å². The zero-order chi connectivity index (χ0) is 20.9. The molecule has 3 aromatic rings. The molecule has 2 aromatic carbocycles. The van der Waals surface area contributed by atoms with Gasteiger partial charge in [-0.2, -0.15) is 0 Å². The van der Waals surface area contributed by atoms with Crippen LogP contribution < -0.4 is 31.6 Å². The number of aromatic nitrogens is 3. The number of methoxy groups -OCH3 is 1. The molecule has 0 amide bonds. The van der Waals surface area contributed by atoms with Crippen LogP contribution in [0.5, 0.6) is 5.75 Å². The highest BCUT2D eigenvalue weighted by Crippen LogP contribution is 2.16. The van der Waals surface area contributed by atoms with Crippen molar-refractivity contribution in [2.45, 2.75) is 45.3 Å². The van der Waals surface area contributed by atoms with Crippen molar-refractivity contribution in [3.63, 3.8) is 0 Å². The van der Waals surface area contributed by atoms with Gasteiger partial charge in [0.15, 0.2) is 5.78 Å². The average Bonchev–Trinajstić information content (AvgIpc) is 2.93. The van der Waals surface area contributed by atoms with Crippen LogP contribution in [-0.4, -0.2) is 22.7 Å². The molecular weight excluding hydrogens is 524 g/mol. The van der Waals surface area contributed by atoms with E-state index in [4.69, 9.17) is 9.84 Å². The maximum absolute atomic E-state index is 13.0. The molecule has 1 aromatic heterocycles. The van der Waals surface area contributed by atoms with E-state index in [0.29, 0.717) is 18.7 Å². The number of ketones is 1. The van der Waals surface area contributed by atoms with Crippen LogP contribution in [0.3, 0.4) is 0 Å². The normalized spacial score (nSPS) is 13.0. The number of anilines is 1. The summed E-state index contributed by atoms with van der Waals surface area (Å²) in [6.45, 7) is 1.76. The Labute approximate surface area is 201 Å². The van der Waals surface area contributed by atoms with Gasteiger partial charge in [0.05, 0.1) is 7.11 Å². The molecule has 164 valence electrons. The second kappa shape index (κ2) is 10.9. The minimum atomic E-state index is 0. The molecule has 1 aliphatic rings. The summed E-state index contributed by atoms with van der Waals surface area (Å²) in [7, 11) is 1.62. The predicted molar refractivity (Wildman–Crippen MR) is 119 cm³/mol. The first-order chi connectivity index (χ1) is 14.6. The minimum absolute atomic E-state index is 0. The summed E-state index contributed by atoms with van der Waals surface area (Å²) >= 11 is 3.46. The zero-order valence-electron chi connectivity index (χ0n) is 17.5. The van der Waals surface area contributed by atoms with E-state index in [1.54, 1.807) is 7.11 Å². The molecule has 1 N–H and O–H groups in total. The van der Waals surface area contributed by atoms with Gasteiger partial charge in [0.1, 0.15) is 25.4 Å². The van der Waals surface area contributed by atoms with Gasteiger partial charge in [-0.3, -0.25) is 4.79 Å². The second-order valence-electron chi connectivity index (χ2n) is 7.46. The minimum Gasteiger partial charge on any atom is -1.00 e. The SMILES string of the molecule is COc1ccc(C(=O)C[n+]2c(CNc3ccc(Br)cc3)nn3c2CCCCC3)cc1.[Br-]. The molecule has 0 unspecified atom stereocenters. The van der Waals surface area contributed by atoms with Gasteiger partial charge in [-0.15, -0.1) is 4.68 Å². The van der Waals surface area contributed by atoms with Crippen LogP contribution >= 0.6 is 15.9 Å². The molecule has 0 spiro atoms. The summed E-state index contributed by atoms with van der Waals surface area (Å²) < 4.78 is 10.4. The van der Waals surface area contributed by atoms with Crippen LogP contribution in [0.4, 0.5) is 5.69 Å². The Balaban J connectivity index is 0.00000272. The van der Waals surface area contributed by atoms with Gasteiger partial charge in [-0.25, -0.2) is 4.57 Å². The van der Waals surface area contributed by atoms with Crippen LogP contribution in [0.1, 0.15) is 41.3 Å². The monoisotopic (exact) mass is 548 g/mol. The lowest BCUT2D eigenvalue weighted by Crippen LogP contribution is -3.00. The first-order valence-electron chi connectivity index (χ1n) is 10.3. The quantitative estimate of drug-likeness (QED) is 0.355. The second-order valence-corrected chi connectivity index (χ2v) is 8.38. The van der Waals surface area contributed by atoms with Crippen LogP contribution in [0.15, 0.2) is 53.0 Å². The fourth-order valence-electron chi connectivity index (χ4n) is 3.78. The molecule has 2 heterocycles. The van der Waals surface area contributed by atoms with Crippen molar-refractivity contribution < 1.29 is 31.1 Å². The van der Waals surface area contributed by atoms with Crippen molar-refractivity contribution in [2.75, 3.05) is 12.4 Å². The highest BCUT2D eigenvalue weighted by Gasteiger charge is 2.28. The molecule has 0 aliphatic carbocycles. The number of ether oxygens (including phenoxy) is 1. The van der Waals surface area contributed by atoms with Gasteiger partial charge < -0.3 is 27.0 Å². The summed E-state index contributed by atoms with van der Waals surface area (Å²) in [5.41, 5.74) is 1.71. The number of nitrogens with one attached hydrogen (secondary N) is 1. The fourth-order valence-corrected chi connectivity index (χ4v) is 4.04. The van der Waals surface area contributed by atoms with Crippen molar-refractivity contribution in [1.29, 1.82) is 0 Å². The van der Waals surface area contributed by atoms with Crippen molar-refractivity contribution in [3.05, 3.63) is 70.2 Å². The lowest BCUT2D eigenvalue weighted by atomic mass is 10.1. The molecule has 0 saturated carbocycles. The van der Waals surface area contributed by atoms with E-state index < -0.39 is 0 Å². The standard InChI is InChI=1S/C23H26BrN4O2.BrH/c1-30-20-12-6-17(7-13-20)21(29)16-27-22(15-25-19-10-8-18(24)9-11-19)26-28-14-4-2-3-5-23(27)28;/h6-13,25H,2-5,14-16H2,1H3;1H/q+1;/p-1. The number of carbonyl (C=O) groups excluding carboxylic acids is 1. The average molecular weight is 550 g/mol. The summed E-state index contributed by atoms with van der Waals surface area (Å²) in [5, 5.41) is 8.29. The summed E-state index contributed by atoms with van der Waals surface area (Å²) in [6, 6.07) is 15.4. The summed E-state index contributed by atoms with van der Waals surface area (Å²) in [4.78, 5) is 13.0. The van der Waals surface area contributed by atoms with E-state index in [2.05, 4.69) is 30.5 Å². The number of hydrogen-bond donors (Lipinski definition) is 1. The molecule has 8 heteroatoms. The third-order valence-corrected chi connectivity index (χ3v) is 5.96. The van der Waals surface area contributed by atoms with Gasteiger partial charge in [-0.05, 0) is 67.8 Å². The van der Waals surface area contributed by atoms with E-state index in [1.807, 2.05) is 48.5 Å². The summed E-state index contributed by atoms with van der Waals surface area (Å²) in [6.07, 6.45) is 4.39. The number of hydrogen-bond acceptors (Lipinski definition) is 4. The fraction of sp³-hybridized carbons (Fsp3) is 0.348. The summed E-state index contributed by atoms with van der Waals surface area (Å²) in [5.74, 6) is 2.85. The zero-order valence-corrected chi connectivity index (χ0v) is 20.7. The maximum atomic E-state index is 13.0. The molecule has 0 fully saturated rings. The molecule has 0 atom stereocenters. The molecule has 31 heavy (non-hydrogen) atoms. The van der Waals surface area contributed by atoms with Crippen LogP contribution in [-0.2, 0) is 26.1 Å². The molecule has 0 bridgehead atoms. The number of aryl methyl sites for hydroxylation is 1. The molecular formula is C23H26Br2N4O2. The Morgan fingerprint density at radius 3 is 2.58 bits per heavy atom.